The molecule has 5 heteroatoms. The second-order valence-electron chi connectivity index (χ2n) is 4.96. The highest BCUT2D eigenvalue weighted by Gasteiger charge is 2.07. The summed E-state index contributed by atoms with van der Waals surface area (Å²) in [6.45, 7) is 3.79. The minimum atomic E-state index is -0.453. The predicted molar refractivity (Wildman–Crippen MR) is 86.1 cm³/mol. The molecule has 0 saturated carbocycles. The first-order valence-electron chi connectivity index (χ1n) is 6.76. The summed E-state index contributed by atoms with van der Waals surface area (Å²) in [7, 11) is 0. The van der Waals surface area contributed by atoms with E-state index in [-0.39, 0.29) is 11.5 Å². The number of benzene rings is 2. The Bertz CT molecular complexity index is 734. The van der Waals surface area contributed by atoms with Crippen molar-refractivity contribution in [1.29, 1.82) is 0 Å². The molecular formula is C17H16N2O3. The van der Waals surface area contributed by atoms with Crippen molar-refractivity contribution in [3.05, 3.63) is 81.5 Å². The van der Waals surface area contributed by atoms with Crippen LogP contribution in [-0.2, 0) is 0 Å². The van der Waals surface area contributed by atoms with Gasteiger partial charge >= 0.3 is 0 Å². The van der Waals surface area contributed by atoms with E-state index in [4.69, 9.17) is 0 Å². The van der Waals surface area contributed by atoms with Crippen LogP contribution in [0.1, 0.15) is 21.5 Å². The molecule has 0 bridgehead atoms. The van der Waals surface area contributed by atoms with Crippen LogP contribution in [0.3, 0.4) is 0 Å². The Morgan fingerprint density at radius 3 is 2.45 bits per heavy atom. The van der Waals surface area contributed by atoms with Crippen LogP contribution in [0.2, 0.25) is 0 Å². The molecule has 0 spiro atoms. The van der Waals surface area contributed by atoms with Crippen molar-refractivity contribution in [2.45, 2.75) is 13.8 Å². The number of rotatable bonds is 5. The van der Waals surface area contributed by atoms with Gasteiger partial charge in [-0.1, -0.05) is 35.9 Å². The molecule has 2 rings (SSSR count). The SMILES string of the molecule is Cc1ccc(C(=O)/C=C\Nc2cc([N+](=O)[O-])ccc2C)cc1. The highest BCUT2D eigenvalue weighted by molar-refractivity contribution is 6.04. The van der Waals surface area contributed by atoms with Gasteiger partial charge in [-0.2, -0.15) is 0 Å². The standard InChI is InChI=1S/C17H16N2O3/c1-12-3-6-14(7-4-12)17(20)9-10-18-16-11-15(19(21)22)8-5-13(16)2/h3-11,18H,1-2H3/b10-9-. The van der Waals surface area contributed by atoms with E-state index in [0.29, 0.717) is 11.3 Å². The van der Waals surface area contributed by atoms with Gasteiger partial charge in [0.15, 0.2) is 5.78 Å². The lowest BCUT2D eigenvalue weighted by atomic mass is 10.1. The molecule has 0 heterocycles. The Balaban J connectivity index is 2.09. The molecule has 0 saturated heterocycles. The first kappa shape index (κ1) is 15.4. The van der Waals surface area contributed by atoms with Gasteiger partial charge in [-0.05, 0) is 19.4 Å². The zero-order chi connectivity index (χ0) is 16.1. The van der Waals surface area contributed by atoms with Gasteiger partial charge in [0.2, 0.25) is 0 Å². The summed E-state index contributed by atoms with van der Waals surface area (Å²) in [5, 5.41) is 13.7. The van der Waals surface area contributed by atoms with E-state index < -0.39 is 4.92 Å². The Hall–Kier alpha value is -2.95. The molecule has 1 N–H and O–H groups in total. The molecule has 0 aliphatic carbocycles. The van der Waals surface area contributed by atoms with Crippen molar-refractivity contribution in [3.63, 3.8) is 0 Å². The molecule has 2 aromatic carbocycles. The van der Waals surface area contributed by atoms with Crippen LogP contribution in [0.5, 0.6) is 0 Å². The fraction of sp³-hybridized carbons (Fsp3) is 0.118. The first-order valence-corrected chi connectivity index (χ1v) is 6.76. The molecular weight excluding hydrogens is 280 g/mol. The average molecular weight is 296 g/mol. The van der Waals surface area contributed by atoms with Crippen LogP contribution >= 0.6 is 0 Å². The average Bonchev–Trinajstić information content (AvgIpc) is 2.49. The van der Waals surface area contributed by atoms with Gasteiger partial charge in [-0.3, -0.25) is 14.9 Å². The van der Waals surface area contributed by atoms with Crippen molar-refractivity contribution >= 4 is 17.2 Å². The lowest BCUT2D eigenvalue weighted by Crippen LogP contribution is -1.98. The number of ketones is 1. The van der Waals surface area contributed by atoms with Gasteiger partial charge in [0.25, 0.3) is 5.69 Å². The Kier molecular flexibility index (Phi) is 4.68. The van der Waals surface area contributed by atoms with Crippen LogP contribution in [0.4, 0.5) is 11.4 Å². The van der Waals surface area contributed by atoms with Crippen LogP contribution < -0.4 is 5.32 Å². The summed E-state index contributed by atoms with van der Waals surface area (Å²) in [6, 6.07) is 11.8. The zero-order valence-electron chi connectivity index (χ0n) is 12.4. The molecule has 0 aromatic heterocycles. The van der Waals surface area contributed by atoms with Gasteiger partial charge in [-0.15, -0.1) is 0 Å². The van der Waals surface area contributed by atoms with Gasteiger partial charge in [0, 0.05) is 35.7 Å². The molecule has 112 valence electrons. The van der Waals surface area contributed by atoms with Crippen molar-refractivity contribution in [2.75, 3.05) is 5.32 Å². The van der Waals surface area contributed by atoms with Gasteiger partial charge in [-0.25, -0.2) is 0 Å². The normalized spacial score (nSPS) is 10.6. The molecule has 0 radical (unpaired) electrons. The molecule has 0 fully saturated rings. The minimum Gasteiger partial charge on any atom is -0.361 e. The Morgan fingerprint density at radius 2 is 1.82 bits per heavy atom. The lowest BCUT2D eigenvalue weighted by Gasteiger charge is -2.05. The monoisotopic (exact) mass is 296 g/mol. The minimum absolute atomic E-state index is 0.00589. The van der Waals surface area contributed by atoms with E-state index in [1.165, 1.54) is 24.4 Å². The summed E-state index contributed by atoms with van der Waals surface area (Å²) >= 11 is 0. The van der Waals surface area contributed by atoms with E-state index in [1.807, 2.05) is 26.0 Å². The highest BCUT2D eigenvalue weighted by atomic mass is 16.6. The smallest absolute Gasteiger partial charge is 0.271 e. The molecule has 22 heavy (non-hydrogen) atoms. The number of nitrogens with zero attached hydrogens (tertiary/aromatic N) is 1. The summed E-state index contributed by atoms with van der Waals surface area (Å²) in [5.41, 5.74) is 3.15. The molecule has 0 atom stereocenters. The second kappa shape index (κ2) is 6.67. The number of nitrogens with one attached hydrogen (secondary N) is 1. The quantitative estimate of drug-likeness (QED) is 0.391. The van der Waals surface area contributed by atoms with Gasteiger partial charge in [0.05, 0.1) is 4.92 Å². The van der Waals surface area contributed by atoms with Crippen LogP contribution in [0.15, 0.2) is 54.7 Å². The summed E-state index contributed by atoms with van der Waals surface area (Å²) in [5.74, 6) is -0.129. The first-order chi connectivity index (χ1) is 10.5. The molecule has 0 aliphatic heterocycles. The zero-order valence-corrected chi connectivity index (χ0v) is 12.4. The second-order valence-corrected chi connectivity index (χ2v) is 4.96. The third kappa shape index (κ3) is 3.79. The van der Waals surface area contributed by atoms with Crippen molar-refractivity contribution in [2.24, 2.45) is 0 Å². The highest BCUT2D eigenvalue weighted by Crippen LogP contribution is 2.21. The largest absolute Gasteiger partial charge is 0.361 e. The molecule has 5 nitrogen and oxygen atoms in total. The van der Waals surface area contributed by atoms with Crippen LogP contribution in [-0.4, -0.2) is 10.7 Å². The number of hydrogen-bond donors (Lipinski definition) is 1. The number of carbonyl (C=O) groups is 1. The maximum atomic E-state index is 12.0. The number of anilines is 1. The Morgan fingerprint density at radius 1 is 1.14 bits per heavy atom. The van der Waals surface area contributed by atoms with Gasteiger partial charge in [0.1, 0.15) is 0 Å². The van der Waals surface area contributed by atoms with E-state index in [9.17, 15) is 14.9 Å². The van der Waals surface area contributed by atoms with E-state index in [2.05, 4.69) is 5.32 Å². The van der Waals surface area contributed by atoms with Crippen molar-refractivity contribution in [1.82, 2.24) is 0 Å². The number of nitro benzene ring substituents is 1. The molecule has 0 amide bonds. The van der Waals surface area contributed by atoms with Crippen LogP contribution in [0.25, 0.3) is 0 Å². The number of aryl methyl sites for hydroxylation is 2. The lowest BCUT2D eigenvalue weighted by molar-refractivity contribution is -0.384. The molecule has 0 aliphatic rings. The van der Waals surface area contributed by atoms with Gasteiger partial charge < -0.3 is 5.32 Å². The maximum Gasteiger partial charge on any atom is 0.271 e. The van der Waals surface area contributed by atoms with Crippen molar-refractivity contribution in [3.8, 4) is 0 Å². The topological polar surface area (TPSA) is 72.2 Å². The number of hydrogen-bond acceptors (Lipinski definition) is 4. The molecule has 2 aromatic rings. The Labute approximate surface area is 128 Å². The number of carbonyl (C=O) groups excluding carboxylic acids is 1. The maximum absolute atomic E-state index is 12.0. The number of non-ortho nitro benzene ring substituents is 1. The van der Waals surface area contributed by atoms with Crippen molar-refractivity contribution < 1.29 is 9.72 Å². The fourth-order valence-electron chi connectivity index (χ4n) is 1.90. The van der Waals surface area contributed by atoms with E-state index in [1.54, 1.807) is 18.2 Å². The summed E-state index contributed by atoms with van der Waals surface area (Å²) in [6.07, 6.45) is 2.90. The third-order valence-corrected chi connectivity index (χ3v) is 3.24. The van der Waals surface area contributed by atoms with E-state index >= 15 is 0 Å². The summed E-state index contributed by atoms with van der Waals surface area (Å²) < 4.78 is 0. The summed E-state index contributed by atoms with van der Waals surface area (Å²) in [4.78, 5) is 22.3. The van der Waals surface area contributed by atoms with E-state index in [0.717, 1.165) is 11.1 Å². The fourth-order valence-corrected chi connectivity index (χ4v) is 1.90. The predicted octanol–water partition coefficient (Wildman–Crippen LogP) is 4.02. The molecule has 0 unspecified atom stereocenters. The van der Waals surface area contributed by atoms with Crippen LogP contribution in [0, 0.1) is 24.0 Å². The third-order valence-electron chi connectivity index (χ3n) is 3.24. The number of allylic oxidation sites excluding steroid dienone is 1. The number of nitro groups is 1.